The maximum absolute atomic E-state index is 11.8. The van der Waals surface area contributed by atoms with Crippen LogP contribution in [0.1, 0.15) is 20.8 Å². The minimum atomic E-state index is -0.594. The Balaban J connectivity index is 2.76. The van der Waals surface area contributed by atoms with Gasteiger partial charge in [0.25, 0.3) is 0 Å². The molecule has 0 saturated carbocycles. The number of nitrogens with zero attached hydrogens (tertiary/aromatic N) is 1. The Bertz CT molecular complexity index is 387. The van der Waals surface area contributed by atoms with E-state index in [9.17, 15) is 4.79 Å². The predicted octanol–water partition coefficient (Wildman–Crippen LogP) is 2.05. The summed E-state index contributed by atoms with van der Waals surface area (Å²) in [5.41, 5.74) is 6.00. The molecule has 0 aromatic carbocycles. The van der Waals surface area contributed by atoms with E-state index in [0.29, 0.717) is 10.7 Å². The molecule has 0 fully saturated rings. The number of nitrogens with one attached hydrogen (secondary N) is 1. The van der Waals surface area contributed by atoms with Gasteiger partial charge < -0.3 is 11.1 Å². The topological polar surface area (TPSA) is 68.0 Å². The van der Waals surface area contributed by atoms with Crippen LogP contribution in [0.15, 0.2) is 18.5 Å². The van der Waals surface area contributed by atoms with Crippen molar-refractivity contribution in [3.63, 3.8) is 0 Å². The van der Waals surface area contributed by atoms with Crippen molar-refractivity contribution in [3.8, 4) is 0 Å². The van der Waals surface area contributed by atoms with Gasteiger partial charge in [0.2, 0.25) is 5.91 Å². The van der Waals surface area contributed by atoms with Gasteiger partial charge in [0.1, 0.15) is 0 Å². The van der Waals surface area contributed by atoms with Crippen LogP contribution in [-0.4, -0.2) is 16.9 Å². The fourth-order valence-corrected chi connectivity index (χ4v) is 1.23. The largest absolute Gasteiger partial charge is 0.322 e. The van der Waals surface area contributed by atoms with Gasteiger partial charge in [-0.2, -0.15) is 0 Å². The van der Waals surface area contributed by atoms with Crippen LogP contribution in [0.2, 0.25) is 5.02 Å². The maximum Gasteiger partial charge on any atom is 0.241 e. The van der Waals surface area contributed by atoms with Crippen LogP contribution < -0.4 is 11.1 Å². The van der Waals surface area contributed by atoms with Gasteiger partial charge in [-0.3, -0.25) is 9.78 Å². The molecule has 0 radical (unpaired) electrons. The first-order valence-electron chi connectivity index (χ1n) is 4.98. The fourth-order valence-electron chi connectivity index (χ4n) is 1.07. The standard InChI is InChI=1S/C11H16ClN3O/c1-11(2,3)9(13)10(16)15-8-6-14-5-4-7(8)12/h4-6,9H,13H2,1-3H3,(H,15,16)/t9-/m1/s1. The lowest BCUT2D eigenvalue weighted by Gasteiger charge is -2.25. The van der Waals surface area contributed by atoms with Crippen molar-refractivity contribution in [3.05, 3.63) is 23.5 Å². The predicted molar refractivity (Wildman–Crippen MR) is 65.3 cm³/mol. The molecule has 0 aliphatic carbocycles. The Morgan fingerprint density at radius 1 is 1.56 bits per heavy atom. The highest BCUT2D eigenvalue weighted by molar-refractivity contribution is 6.33. The molecule has 3 N–H and O–H groups in total. The summed E-state index contributed by atoms with van der Waals surface area (Å²) in [5, 5.41) is 3.11. The van der Waals surface area contributed by atoms with E-state index in [-0.39, 0.29) is 11.3 Å². The number of nitrogens with two attached hydrogens (primary N) is 1. The summed E-state index contributed by atoms with van der Waals surface area (Å²) in [5.74, 6) is -0.262. The van der Waals surface area contributed by atoms with Crippen molar-refractivity contribution >= 4 is 23.2 Å². The number of carbonyl (C=O) groups is 1. The maximum atomic E-state index is 11.8. The van der Waals surface area contributed by atoms with E-state index in [2.05, 4.69) is 10.3 Å². The van der Waals surface area contributed by atoms with Crippen LogP contribution in [0, 0.1) is 5.41 Å². The molecular formula is C11H16ClN3O. The number of carbonyl (C=O) groups excluding carboxylic acids is 1. The Kier molecular flexibility index (Phi) is 3.88. The summed E-state index contributed by atoms with van der Waals surface area (Å²) in [6.07, 6.45) is 3.05. The zero-order chi connectivity index (χ0) is 12.3. The lowest BCUT2D eigenvalue weighted by molar-refractivity contribution is -0.119. The third-order valence-corrected chi connectivity index (χ3v) is 2.57. The van der Waals surface area contributed by atoms with Crippen LogP contribution in [0.25, 0.3) is 0 Å². The number of hydrogen-bond donors (Lipinski definition) is 2. The Morgan fingerprint density at radius 3 is 2.69 bits per heavy atom. The molecule has 16 heavy (non-hydrogen) atoms. The van der Waals surface area contributed by atoms with Crippen molar-refractivity contribution in [2.24, 2.45) is 11.1 Å². The van der Waals surface area contributed by atoms with Gasteiger partial charge in [-0.25, -0.2) is 0 Å². The van der Waals surface area contributed by atoms with Crippen molar-refractivity contribution < 1.29 is 4.79 Å². The molecule has 1 rings (SSSR count). The lowest BCUT2D eigenvalue weighted by Crippen LogP contribution is -2.45. The summed E-state index contributed by atoms with van der Waals surface area (Å²) in [6, 6.07) is 1.02. The SMILES string of the molecule is CC(C)(C)[C@H](N)C(=O)Nc1cnccc1Cl. The lowest BCUT2D eigenvalue weighted by atomic mass is 9.87. The molecule has 0 unspecified atom stereocenters. The van der Waals surface area contributed by atoms with Gasteiger partial charge in [0.05, 0.1) is 22.9 Å². The molecule has 0 saturated heterocycles. The Labute approximate surface area is 100 Å². The minimum absolute atomic E-state index is 0.262. The van der Waals surface area contributed by atoms with E-state index in [4.69, 9.17) is 17.3 Å². The van der Waals surface area contributed by atoms with E-state index < -0.39 is 6.04 Å². The van der Waals surface area contributed by atoms with Crippen molar-refractivity contribution in [1.82, 2.24) is 4.98 Å². The van der Waals surface area contributed by atoms with Crippen molar-refractivity contribution in [1.29, 1.82) is 0 Å². The first-order chi connectivity index (χ1) is 7.32. The first kappa shape index (κ1) is 12.9. The minimum Gasteiger partial charge on any atom is -0.322 e. The highest BCUT2D eigenvalue weighted by Crippen LogP contribution is 2.22. The second-order valence-electron chi connectivity index (χ2n) is 4.69. The van der Waals surface area contributed by atoms with Crippen LogP contribution in [-0.2, 0) is 4.79 Å². The van der Waals surface area contributed by atoms with Crippen LogP contribution in [0.5, 0.6) is 0 Å². The smallest absolute Gasteiger partial charge is 0.241 e. The quantitative estimate of drug-likeness (QED) is 0.833. The average molecular weight is 242 g/mol. The normalized spacial score (nSPS) is 13.3. The highest BCUT2D eigenvalue weighted by Gasteiger charge is 2.27. The molecule has 0 spiro atoms. The molecule has 1 heterocycles. The third-order valence-electron chi connectivity index (χ3n) is 2.24. The molecule has 5 heteroatoms. The number of hydrogen-bond acceptors (Lipinski definition) is 3. The van der Waals surface area contributed by atoms with E-state index in [1.165, 1.54) is 6.20 Å². The van der Waals surface area contributed by atoms with Gasteiger partial charge in [-0.15, -0.1) is 0 Å². The van der Waals surface area contributed by atoms with E-state index in [1.807, 2.05) is 20.8 Å². The fraction of sp³-hybridized carbons (Fsp3) is 0.455. The summed E-state index contributed by atoms with van der Waals surface area (Å²) in [4.78, 5) is 15.7. The molecule has 88 valence electrons. The van der Waals surface area contributed by atoms with E-state index in [0.717, 1.165) is 0 Å². The summed E-state index contributed by atoms with van der Waals surface area (Å²) in [7, 11) is 0. The monoisotopic (exact) mass is 241 g/mol. The first-order valence-corrected chi connectivity index (χ1v) is 5.36. The van der Waals surface area contributed by atoms with Crippen molar-refractivity contribution in [2.45, 2.75) is 26.8 Å². The Hall–Kier alpha value is -1.13. The van der Waals surface area contributed by atoms with Gasteiger partial charge in [-0.05, 0) is 11.5 Å². The third kappa shape index (κ3) is 3.18. The molecule has 0 aliphatic heterocycles. The van der Waals surface area contributed by atoms with Crippen molar-refractivity contribution in [2.75, 3.05) is 5.32 Å². The zero-order valence-electron chi connectivity index (χ0n) is 9.62. The summed E-state index contributed by atoms with van der Waals surface area (Å²) in [6.45, 7) is 5.71. The molecular weight excluding hydrogens is 226 g/mol. The number of pyridine rings is 1. The number of halogens is 1. The highest BCUT2D eigenvalue weighted by atomic mass is 35.5. The number of rotatable bonds is 2. The average Bonchev–Trinajstić information content (AvgIpc) is 2.19. The second kappa shape index (κ2) is 4.80. The van der Waals surface area contributed by atoms with Gasteiger partial charge in [0.15, 0.2) is 0 Å². The molecule has 4 nitrogen and oxygen atoms in total. The van der Waals surface area contributed by atoms with Gasteiger partial charge >= 0.3 is 0 Å². The van der Waals surface area contributed by atoms with E-state index >= 15 is 0 Å². The molecule has 1 amide bonds. The second-order valence-corrected chi connectivity index (χ2v) is 5.10. The molecule has 1 atom stereocenters. The number of aromatic nitrogens is 1. The summed E-state index contributed by atoms with van der Waals surface area (Å²) >= 11 is 5.89. The van der Waals surface area contributed by atoms with Crippen LogP contribution >= 0.6 is 11.6 Å². The number of amides is 1. The van der Waals surface area contributed by atoms with Gasteiger partial charge in [-0.1, -0.05) is 32.4 Å². The van der Waals surface area contributed by atoms with Gasteiger partial charge in [0, 0.05) is 6.20 Å². The summed E-state index contributed by atoms with van der Waals surface area (Å²) < 4.78 is 0. The van der Waals surface area contributed by atoms with E-state index in [1.54, 1.807) is 12.3 Å². The number of anilines is 1. The molecule has 1 aromatic rings. The van der Waals surface area contributed by atoms with Crippen LogP contribution in [0.3, 0.4) is 0 Å². The zero-order valence-corrected chi connectivity index (χ0v) is 10.4. The Morgan fingerprint density at radius 2 is 2.19 bits per heavy atom. The van der Waals surface area contributed by atoms with Crippen LogP contribution in [0.4, 0.5) is 5.69 Å². The molecule has 0 bridgehead atoms. The molecule has 0 aliphatic rings. The molecule has 1 aromatic heterocycles.